The molecule has 1 aliphatic heterocycles. The second kappa shape index (κ2) is 6.24. The van der Waals surface area contributed by atoms with E-state index < -0.39 is 0 Å². The Balaban J connectivity index is 2.21. The number of nitrogens with two attached hydrogens (primary N) is 1. The van der Waals surface area contributed by atoms with Gasteiger partial charge in [-0.2, -0.15) is 0 Å². The van der Waals surface area contributed by atoms with Gasteiger partial charge in [0.05, 0.1) is 0 Å². The molecule has 0 spiro atoms. The molecule has 1 saturated heterocycles. The smallest absolute Gasteiger partial charge is 0.0414 e. The molecule has 0 bridgehead atoms. The second-order valence-corrected chi connectivity index (χ2v) is 5.44. The minimum Gasteiger partial charge on any atom is -0.371 e. The predicted molar refractivity (Wildman–Crippen MR) is 78.9 cm³/mol. The van der Waals surface area contributed by atoms with Crippen LogP contribution in [0.25, 0.3) is 0 Å². The number of para-hydroxylation sites is 1. The fraction of sp³-hybridized carbons (Fsp3) is 0.625. The van der Waals surface area contributed by atoms with Crippen molar-refractivity contribution in [3.05, 3.63) is 29.8 Å². The second-order valence-electron chi connectivity index (χ2n) is 5.44. The largest absolute Gasteiger partial charge is 0.371 e. The fourth-order valence-corrected chi connectivity index (χ4v) is 2.93. The molecular weight excluding hydrogens is 220 g/mol. The molecule has 2 N–H and O–H groups in total. The van der Waals surface area contributed by atoms with Crippen molar-refractivity contribution in [1.29, 1.82) is 0 Å². The molecule has 1 aliphatic rings. The molecule has 0 amide bonds. The van der Waals surface area contributed by atoms with Crippen LogP contribution in [0.2, 0.25) is 0 Å². The van der Waals surface area contributed by atoms with Crippen LogP contribution in [0.15, 0.2) is 24.3 Å². The van der Waals surface area contributed by atoms with Crippen LogP contribution in [0.4, 0.5) is 5.69 Å². The third kappa shape index (κ3) is 2.86. The lowest BCUT2D eigenvalue weighted by Gasteiger charge is -2.36. The predicted octanol–water partition coefficient (Wildman–Crippen LogP) is 3.72. The zero-order valence-corrected chi connectivity index (χ0v) is 11.7. The zero-order valence-electron chi connectivity index (χ0n) is 11.7. The van der Waals surface area contributed by atoms with Crippen molar-refractivity contribution < 1.29 is 0 Å². The van der Waals surface area contributed by atoms with E-state index in [4.69, 9.17) is 5.73 Å². The topological polar surface area (TPSA) is 29.3 Å². The summed E-state index contributed by atoms with van der Waals surface area (Å²) in [6, 6.07) is 8.84. The standard InChI is InChI=1S/C16H26N2/c1-3-13-8-7-11-18(12-13)16-10-6-5-9-14(16)15(17)4-2/h5-6,9-10,13,15H,3-4,7-8,11-12,17H2,1-2H3/t13?,15-/m0/s1. The third-order valence-electron chi connectivity index (χ3n) is 4.21. The lowest BCUT2D eigenvalue weighted by molar-refractivity contribution is 0.404. The van der Waals surface area contributed by atoms with Gasteiger partial charge in [0.1, 0.15) is 0 Å². The number of benzene rings is 1. The zero-order chi connectivity index (χ0) is 13.0. The van der Waals surface area contributed by atoms with Crippen LogP contribution in [0, 0.1) is 5.92 Å². The van der Waals surface area contributed by atoms with Gasteiger partial charge >= 0.3 is 0 Å². The monoisotopic (exact) mass is 246 g/mol. The summed E-state index contributed by atoms with van der Waals surface area (Å²) >= 11 is 0. The first-order chi connectivity index (χ1) is 8.76. The SMILES string of the molecule is CCC1CCCN(c2ccccc2[C@@H](N)CC)C1. The Bertz CT molecular complexity index is 375. The normalized spacial score (nSPS) is 21.9. The summed E-state index contributed by atoms with van der Waals surface area (Å²) in [6.45, 7) is 6.85. The van der Waals surface area contributed by atoms with E-state index in [2.05, 4.69) is 43.0 Å². The van der Waals surface area contributed by atoms with Crippen molar-refractivity contribution in [2.24, 2.45) is 11.7 Å². The Kier molecular flexibility index (Phi) is 4.65. The summed E-state index contributed by atoms with van der Waals surface area (Å²) in [5.74, 6) is 0.852. The first-order valence-electron chi connectivity index (χ1n) is 7.35. The van der Waals surface area contributed by atoms with Crippen molar-refractivity contribution in [1.82, 2.24) is 0 Å². The average Bonchev–Trinajstić information content (AvgIpc) is 2.46. The van der Waals surface area contributed by atoms with Crippen LogP contribution >= 0.6 is 0 Å². The highest BCUT2D eigenvalue weighted by Crippen LogP contribution is 2.30. The summed E-state index contributed by atoms with van der Waals surface area (Å²) < 4.78 is 0. The number of hydrogen-bond donors (Lipinski definition) is 1. The molecule has 1 unspecified atom stereocenters. The molecular formula is C16H26N2. The van der Waals surface area contributed by atoms with E-state index in [1.165, 1.54) is 43.6 Å². The van der Waals surface area contributed by atoms with Gasteiger partial charge in [0, 0.05) is 24.8 Å². The number of rotatable bonds is 4. The highest BCUT2D eigenvalue weighted by atomic mass is 15.1. The molecule has 100 valence electrons. The van der Waals surface area contributed by atoms with Crippen molar-refractivity contribution in [2.45, 2.75) is 45.6 Å². The van der Waals surface area contributed by atoms with Crippen LogP contribution in [-0.2, 0) is 0 Å². The Hall–Kier alpha value is -1.02. The van der Waals surface area contributed by atoms with Gasteiger partial charge < -0.3 is 10.6 Å². The Labute approximate surface area is 111 Å². The Morgan fingerprint density at radius 3 is 2.83 bits per heavy atom. The van der Waals surface area contributed by atoms with E-state index in [1.54, 1.807) is 0 Å². The molecule has 1 aromatic rings. The fourth-order valence-electron chi connectivity index (χ4n) is 2.93. The van der Waals surface area contributed by atoms with Crippen molar-refractivity contribution >= 4 is 5.69 Å². The van der Waals surface area contributed by atoms with E-state index in [-0.39, 0.29) is 6.04 Å². The van der Waals surface area contributed by atoms with Gasteiger partial charge in [0.2, 0.25) is 0 Å². The molecule has 18 heavy (non-hydrogen) atoms. The van der Waals surface area contributed by atoms with E-state index in [0.29, 0.717) is 0 Å². The number of piperidine rings is 1. The van der Waals surface area contributed by atoms with E-state index >= 15 is 0 Å². The first-order valence-corrected chi connectivity index (χ1v) is 7.35. The van der Waals surface area contributed by atoms with Crippen LogP contribution in [0.1, 0.15) is 51.1 Å². The quantitative estimate of drug-likeness (QED) is 0.877. The summed E-state index contributed by atoms with van der Waals surface area (Å²) in [5.41, 5.74) is 8.92. The summed E-state index contributed by atoms with van der Waals surface area (Å²) in [6.07, 6.45) is 4.99. The van der Waals surface area contributed by atoms with Gasteiger partial charge in [0.15, 0.2) is 0 Å². The maximum atomic E-state index is 6.24. The maximum absolute atomic E-state index is 6.24. The highest BCUT2D eigenvalue weighted by Gasteiger charge is 2.21. The van der Waals surface area contributed by atoms with Gasteiger partial charge in [-0.25, -0.2) is 0 Å². The van der Waals surface area contributed by atoms with Crippen LogP contribution < -0.4 is 10.6 Å². The maximum Gasteiger partial charge on any atom is 0.0414 e. The van der Waals surface area contributed by atoms with E-state index in [9.17, 15) is 0 Å². The highest BCUT2D eigenvalue weighted by molar-refractivity contribution is 5.55. The lowest BCUT2D eigenvalue weighted by Crippen LogP contribution is -2.36. The van der Waals surface area contributed by atoms with Gasteiger partial charge in [-0.15, -0.1) is 0 Å². The van der Waals surface area contributed by atoms with E-state index in [1.807, 2.05) is 0 Å². The molecule has 0 aliphatic carbocycles. The summed E-state index contributed by atoms with van der Waals surface area (Å²) in [4.78, 5) is 2.54. The van der Waals surface area contributed by atoms with Crippen molar-refractivity contribution in [3.8, 4) is 0 Å². The van der Waals surface area contributed by atoms with Crippen LogP contribution in [0.3, 0.4) is 0 Å². The molecule has 1 aromatic carbocycles. The molecule has 0 saturated carbocycles. The van der Waals surface area contributed by atoms with Crippen LogP contribution in [0.5, 0.6) is 0 Å². The average molecular weight is 246 g/mol. The van der Waals surface area contributed by atoms with Gasteiger partial charge in [-0.05, 0) is 36.8 Å². The minimum atomic E-state index is 0.170. The number of anilines is 1. The third-order valence-corrected chi connectivity index (χ3v) is 4.21. The Morgan fingerprint density at radius 2 is 2.11 bits per heavy atom. The van der Waals surface area contributed by atoms with Gasteiger partial charge in [0.25, 0.3) is 0 Å². The Morgan fingerprint density at radius 1 is 1.33 bits per heavy atom. The van der Waals surface area contributed by atoms with Crippen LogP contribution in [-0.4, -0.2) is 13.1 Å². The van der Waals surface area contributed by atoms with Crippen molar-refractivity contribution in [2.75, 3.05) is 18.0 Å². The summed E-state index contributed by atoms with van der Waals surface area (Å²) in [5, 5.41) is 0. The van der Waals surface area contributed by atoms with Crippen molar-refractivity contribution in [3.63, 3.8) is 0 Å². The first kappa shape index (κ1) is 13.4. The number of nitrogens with zero attached hydrogens (tertiary/aromatic N) is 1. The van der Waals surface area contributed by atoms with E-state index in [0.717, 1.165) is 12.3 Å². The molecule has 0 radical (unpaired) electrons. The minimum absolute atomic E-state index is 0.170. The molecule has 2 nitrogen and oxygen atoms in total. The van der Waals surface area contributed by atoms with Gasteiger partial charge in [-0.1, -0.05) is 38.5 Å². The molecule has 2 heteroatoms. The number of hydrogen-bond acceptors (Lipinski definition) is 2. The molecule has 2 rings (SSSR count). The van der Waals surface area contributed by atoms with Gasteiger partial charge in [-0.3, -0.25) is 0 Å². The lowest BCUT2D eigenvalue weighted by atomic mass is 9.94. The molecule has 0 aromatic heterocycles. The molecule has 2 atom stereocenters. The molecule has 1 fully saturated rings. The summed E-state index contributed by atoms with van der Waals surface area (Å²) in [7, 11) is 0. The molecule has 1 heterocycles.